The lowest BCUT2D eigenvalue weighted by atomic mass is 10.1. The fraction of sp³-hybridized carbons (Fsp3) is 0.211. The van der Waals surface area contributed by atoms with Gasteiger partial charge < -0.3 is 5.32 Å². The summed E-state index contributed by atoms with van der Waals surface area (Å²) in [7, 11) is -3.70. The van der Waals surface area contributed by atoms with E-state index in [1.807, 2.05) is 24.3 Å². The van der Waals surface area contributed by atoms with Gasteiger partial charge in [0.15, 0.2) is 0 Å². The third-order valence-corrected chi connectivity index (χ3v) is 5.15. The van der Waals surface area contributed by atoms with E-state index in [9.17, 15) is 13.2 Å². The Morgan fingerprint density at radius 2 is 1.64 bits per heavy atom. The normalized spacial score (nSPS) is 11.3. The van der Waals surface area contributed by atoms with Gasteiger partial charge >= 0.3 is 0 Å². The third-order valence-electron chi connectivity index (χ3n) is 4.22. The van der Waals surface area contributed by atoms with E-state index in [4.69, 9.17) is 5.14 Å². The molecule has 1 heterocycles. The first-order chi connectivity index (χ1) is 13.4. The van der Waals surface area contributed by atoms with Gasteiger partial charge in [0.1, 0.15) is 12.7 Å². The van der Waals surface area contributed by atoms with E-state index in [1.165, 1.54) is 18.5 Å². The molecule has 1 amide bonds. The van der Waals surface area contributed by atoms with Crippen molar-refractivity contribution in [1.29, 1.82) is 0 Å². The molecular formula is C19H21N5O3S. The van der Waals surface area contributed by atoms with Crippen LogP contribution < -0.4 is 10.5 Å². The van der Waals surface area contributed by atoms with Gasteiger partial charge in [0.2, 0.25) is 15.9 Å². The molecule has 0 unspecified atom stereocenters. The molecule has 8 nitrogen and oxygen atoms in total. The zero-order valence-corrected chi connectivity index (χ0v) is 16.0. The first-order valence-electron chi connectivity index (χ1n) is 8.69. The van der Waals surface area contributed by atoms with Crippen molar-refractivity contribution in [3.63, 3.8) is 0 Å². The van der Waals surface area contributed by atoms with Gasteiger partial charge in [-0.05, 0) is 35.2 Å². The number of hydrogen-bond acceptors (Lipinski definition) is 5. The Labute approximate surface area is 163 Å². The van der Waals surface area contributed by atoms with Crippen LogP contribution in [-0.4, -0.2) is 29.1 Å². The van der Waals surface area contributed by atoms with E-state index in [2.05, 4.69) is 15.4 Å². The number of nitrogens with two attached hydrogens (primary N) is 1. The molecule has 3 N–H and O–H groups in total. The molecule has 0 aliphatic carbocycles. The van der Waals surface area contributed by atoms with Gasteiger partial charge in [0.05, 0.1) is 11.4 Å². The maximum Gasteiger partial charge on any atom is 0.238 e. The molecule has 28 heavy (non-hydrogen) atoms. The lowest BCUT2D eigenvalue weighted by Gasteiger charge is -2.07. The number of rotatable bonds is 8. The van der Waals surface area contributed by atoms with E-state index in [0.29, 0.717) is 25.9 Å². The quantitative estimate of drug-likeness (QED) is 0.590. The Bertz CT molecular complexity index is 1010. The molecule has 3 aromatic rings. The number of primary sulfonamides is 1. The van der Waals surface area contributed by atoms with Crippen molar-refractivity contribution >= 4 is 15.9 Å². The molecule has 0 aliphatic heterocycles. The summed E-state index contributed by atoms with van der Waals surface area (Å²) in [5, 5.41) is 12.0. The van der Waals surface area contributed by atoms with Crippen LogP contribution in [0.4, 0.5) is 0 Å². The number of aromatic nitrogens is 3. The molecule has 0 saturated carbocycles. The molecule has 0 aliphatic rings. The van der Waals surface area contributed by atoms with Crippen molar-refractivity contribution in [2.45, 2.75) is 30.8 Å². The number of nitrogens with zero attached hydrogens (tertiary/aromatic N) is 3. The van der Waals surface area contributed by atoms with Gasteiger partial charge in [-0.15, -0.1) is 0 Å². The smallest absolute Gasteiger partial charge is 0.238 e. The lowest BCUT2D eigenvalue weighted by Crippen LogP contribution is -2.23. The van der Waals surface area contributed by atoms with Crippen LogP contribution in [0.5, 0.6) is 0 Å². The first kappa shape index (κ1) is 19.7. The molecule has 1 aromatic heterocycles. The Kier molecular flexibility index (Phi) is 6.17. The highest BCUT2D eigenvalue weighted by Crippen LogP contribution is 2.10. The number of amides is 1. The summed E-state index contributed by atoms with van der Waals surface area (Å²) in [6, 6.07) is 14.2. The van der Waals surface area contributed by atoms with E-state index in [0.717, 1.165) is 16.7 Å². The summed E-state index contributed by atoms with van der Waals surface area (Å²) in [6.45, 7) is 1.10. The second-order valence-corrected chi connectivity index (χ2v) is 7.94. The number of sulfonamides is 1. The Balaban J connectivity index is 1.44. The molecule has 0 fully saturated rings. The lowest BCUT2D eigenvalue weighted by molar-refractivity contribution is -0.121. The van der Waals surface area contributed by atoms with Crippen molar-refractivity contribution in [3.05, 3.63) is 77.9 Å². The topological polar surface area (TPSA) is 120 Å². The minimum absolute atomic E-state index is 0.0629. The number of carbonyl (C=O) groups is 1. The van der Waals surface area contributed by atoms with Crippen LogP contribution in [0.2, 0.25) is 0 Å². The van der Waals surface area contributed by atoms with Crippen LogP contribution in [0.3, 0.4) is 0 Å². The van der Waals surface area contributed by atoms with E-state index >= 15 is 0 Å². The molecule has 2 aromatic carbocycles. The monoisotopic (exact) mass is 399 g/mol. The second-order valence-electron chi connectivity index (χ2n) is 6.38. The average Bonchev–Trinajstić information content (AvgIpc) is 3.18. The van der Waals surface area contributed by atoms with Gasteiger partial charge in [0.25, 0.3) is 0 Å². The zero-order chi connectivity index (χ0) is 20.0. The summed E-state index contributed by atoms with van der Waals surface area (Å²) in [5.74, 6) is -0.0674. The minimum Gasteiger partial charge on any atom is -0.352 e. The summed E-state index contributed by atoms with van der Waals surface area (Å²) >= 11 is 0. The highest BCUT2D eigenvalue weighted by Gasteiger charge is 2.08. The van der Waals surface area contributed by atoms with E-state index < -0.39 is 10.0 Å². The highest BCUT2D eigenvalue weighted by atomic mass is 32.2. The van der Waals surface area contributed by atoms with Gasteiger partial charge in [-0.1, -0.05) is 36.4 Å². The number of nitrogens with one attached hydrogen (secondary N) is 1. The maximum absolute atomic E-state index is 12.0. The number of hydrogen-bond donors (Lipinski definition) is 2. The maximum atomic E-state index is 12.0. The molecule has 3 rings (SSSR count). The molecule has 146 valence electrons. The fourth-order valence-electron chi connectivity index (χ4n) is 2.66. The standard InChI is InChI=1S/C19H21N5O3S/c20-28(26,27)18-8-5-15(6-9-18)7-10-19(25)22-11-16-1-3-17(4-2-16)12-24-14-21-13-23-24/h1-6,8-9,13-14H,7,10-12H2,(H,22,25)(H2,20,26,27). The average molecular weight is 399 g/mol. The SMILES string of the molecule is NS(=O)(=O)c1ccc(CCC(=O)NCc2ccc(Cn3cncn3)cc2)cc1. The van der Waals surface area contributed by atoms with Gasteiger partial charge in [-0.25, -0.2) is 23.2 Å². The van der Waals surface area contributed by atoms with Crippen LogP contribution in [0.1, 0.15) is 23.1 Å². The summed E-state index contributed by atoms with van der Waals surface area (Å²) in [4.78, 5) is 16.0. The van der Waals surface area contributed by atoms with Gasteiger partial charge in [0, 0.05) is 13.0 Å². The number of benzene rings is 2. The van der Waals surface area contributed by atoms with E-state index in [-0.39, 0.29) is 10.8 Å². The second kappa shape index (κ2) is 8.77. The Hall–Kier alpha value is -3.04. The molecule has 0 bridgehead atoms. The zero-order valence-electron chi connectivity index (χ0n) is 15.2. The molecule has 0 spiro atoms. The predicted octanol–water partition coefficient (Wildman–Crippen LogP) is 1.22. The largest absolute Gasteiger partial charge is 0.352 e. The van der Waals surface area contributed by atoms with Crippen LogP contribution in [0.15, 0.2) is 66.1 Å². The van der Waals surface area contributed by atoms with Crippen LogP contribution >= 0.6 is 0 Å². The van der Waals surface area contributed by atoms with Crippen molar-refractivity contribution < 1.29 is 13.2 Å². The molecule has 0 radical (unpaired) electrons. The Morgan fingerprint density at radius 1 is 1.00 bits per heavy atom. The molecule has 0 atom stereocenters. The van der Waals surface area contributed by atoms with Crippen molar-refractivity contribution in [2.24, 2.45) is 5.14 Å². The molecule has 0 saturated heterocycles. The summed E-state index contributed by atoms with van der Waals surface area (Å²) < 4.78 is 24.2. The van der Waals surface area contributed by atoms with Crippen molar-refractivity contribution in [3.8, 4) is 0 Å². The number of carbonyl (C=O) groups excluding carboxylic acids is 1. The minimum atomic E-state index is -3.70. The van der Waals surface area contributed by atoms with Crippen LogP contribution in [0, 0.1) is 0 Å². The summed E-state index contributed by atoms with van der Waals surface area (Å²) in [5.41, 5.74) is 2.98. The summed E-state index contributed by atoms with van der Waals surface area (Å²) in [6.07, 6.45) is 4.00. The van der Waals surface area contributed by atoms with Crippen molar-refractivity contribution in [1.82, 2.24) is 20.1 Å². The van der Waals surface area contributed by atoms with E-state index in [1.54, 1.807) is 23.1 Å². The molecule has 9 heteroatoms. The van der Waals surface area contributed by atoms with Crippen molar-refractivity contribution in [2.75, 3.05) is 0 Å². The number of aryl methyl sites for hydroxylation is 1. The Morgan fingerprint density at radius 3 is 2.25 bits per heavy atom. The first-order valence-corrected chi connectivity index (χ1v) is 10.2. The third kappa shape index (κ3) is 5.73. The van der Waals surface area contributed by atoms with Crippen LogP contribution in [-0.2, 0) is 34.3 Å². The van der Waals surface area contributed by atoms with Crippen LogP contribution in [0.25, 0.3) is 0 Å². The van der Waals surface area contributed by atoms with Gasteiger partial charge in [-0.2, -0.15) is 5.10 Å². The van der Waals surface area contributed by atoms with Gasteiger partial charge in [-0.3, -0.25) is 4.79 Å². The fourth-order valence-corrected chi connectivity index (χ4v) is 3.17. The predicted molar refractivity (Wildman–Crippen MR) is 104 cm³/mol. The highest BCUT2D eigenvalue weighted by molar-refractivity contribution is 7.89. The molecular weight excluding hydrogens is 378 g/mol.